The van der Waals surface area contributed by atoms with Crippen molar-refractivity contribution in [2.45, 2.75) is 38.8 Å². The fourth-order valence-electron chi connectivity index (χ4n) is 2.49. The Morgan fingerprint density at radius 3 is 2.35 bits per heavy atom. The Labute approximate surface area is 143 Å². The molecule has 1 heterocycles. The van der Waals surface area contributed by atoms with Crippen molar-refractivity contribution in [3.05, 3.63) is 29.8 Å². The summed E-state index contributed by atoms with van der Waals surface area (Å²) in [7, 11) is 0. The normalized spacial score (nSPS) is 16.4. The van der Waals surface area contributed by atoms with Crippen LogP contribution >= 0.6 is 12.4 Å². The van der Waals surface area contributed by atoms with Crippen LogP contribution in [0.2, 0.25) is 0 Å². The van der Waals surface area contributed by atoms with Crippen molar-refractivity contribution in [1.29, 1.82) is 5.26 Å². The Morgan fingerprint density at radius 2 is 1.87 bits per heavy atom. The van der Waals surface area contributed by atoms with Gasteiger partial charge in [-0.15, -0.1) is 12.4 Å². The smallest absolute Gasteiger partial charge is 0.239 e. The van der Waals surface area contributed by atoms with E-state index < -0.39 is 6.04 Å². The Morgan fingerprint density at radius 1 is 1.30 bits per heavy atom. The van der Waals surface area contributed by atoms with Crippen molar-refractivity contribution in [3.8, 4) is 11.8 Å². The first-order valence-electron chi connectivity index (χ1n) is 7.72. The lowest BCUT2D eigenvalue weighted by atomic mass is 10.0. The van der Waals surface area contributed by atoms with Crippen LogP contribution < -0.4 is 10.5 Å². The minimum absolute atomic E-state index is 0. The Kier molecular flexibility index (Phi) is 7.34. The van der Waals surface area contributed by atoms with Crippen molar-refractivity contribution >= 4 is 18.3 Å². The molecule has 1 aliphatic rings. The van der Waals surface area contributed by atoms with Crippen LogP contribution in [0.25, 0.3) is 0 Å². The molecule has 1 aromatic carbocycles. The van der Waals surface area contributed by atoms with Gasteiger partial charge in [-0.1, -0.05) is 13.8 Å². The van der Waals surface area contributed by atoms with Gasteiger partial charge in [0, 0.05) is 25.9 Å². The molecule has 2 rings (SSSR count). The monoisotopic (exact) mass is 337 g/mol. The van der Waals surface area contributed by atoms with Crippen molar-refractivity contribution in [2.24, 2.45) is 11.7 Å². The third-order valence-corrected chi connectivity index (χ3v) is 4.04. The number of piperidine rings is 1. The molecule has 126 valence electrons. The second kappa shape index (κ2) is 8.76. The van der Waals surface area contributed by atoms with Crippen LogP contribution in [-0.2, 0) is 4.79 Å². The highest BCUT2D eigenvalue weighted by molar-refractivity contribution is 5.85. The first-order chi connectivity index (χ1) is 10.5. The average Bonchev–Trinajstić information content (AvgIpc) is 2.55. The van der Waals surface area contributed by atoms with Crippen LogP contribution in [0.4, 0.5) is 0 Å². The minimum atomic E-state index is -0.420. The number of nitrogens with zero attached hydrogens (tertiary/aromatic N) is 2. The van der Waals surface area contributed by atoms with Gasteiger partial charge >= 0.3 is 0 Å². The molecule has 23 heavy (non-hydrogen) atoms. The molecule has 0 unspecified atom stereocenters. The van der Waals surface area contributed by atoms with Gasteiger partial charge in [-0.3, -0.25) is 4.79 Å². The molecule has 6 heteroatoms. The third-order valence-electron chi connectivity index (χ3n) is 4.04. The van der Waals surface area contributed by atoms with Crippen molar-refractivity contribution in [2.75, 3.05) is 13.1 Å². The summed E-state index contributed by atoms with van der Waals surface area (Å²) in [6.45, 7) is 5.28. The van der Waals surface area contributed by atoms with E-state index in [9.17, 15) is 4.79 Å². The summed E-state index contributed by atoms with van der Waals surface area (Å²) in [4.78, 5) is 14.0. The SMILES string of the molecule is CC(C)[C@H](N)C(=O)N1CCC(Oc2ccc(C#N)cc2)CC1.Cl. The summed E-state index contributed by atoms with van der Waals surface area (Å²) in [5, 5.41) is 8.78. The number of carbonyl (C=O) groups excluding carboxylic acids is 1. The highest BCUT2D eigenvalue weighted by atomic mass is 35.5. The van der Waals surface area contributed by atoms with Gasteiger partial charge in [-0.25, -0.2) is 0 Å². The molecule has 2 N–H and O–H groups in total. The number of hydrogen-bond donors (Lipinski definition) is 1. The number of rotatable bonds is 4. The van der Waals surface area contributed by atoms with Gasteiger partial charge in [-0.2, -0.15) is 5.26 Å². The Bertz CT molecular complexity index is 546. The lowest BCUT2D eigenvalue weighted by molar-refractivity contribution is -0.135. The lowest BCUT2D eigenvalue weighted by Gasteiger charge is -2.34. The summed E-state index contributed by atoms with van der Waals surface area (Å²) in [6, 6.07) is 8.78. The van der Waals surface area contributed by atoms with Gasteiger partial charge in [0.2, 0.25) is 5.91 Å². The molecule has 1 aromatic rings. The average molecular weight is 338 g/mol. The minimum Gasteiger partial charge on any atom is -0.490 e. The summed E-state index contributed by atoms with van der Waals surface area (Å²) in [5.74, 6) is 0.953. The topological polar surface area (TPSA) is 79.3 Å². The first-order valence-corrected chi connectivity index (χ1v) is 7.72. The van der Waals surface area contributed by atoms with Gasteiger partial charge in [0.15, 0.2) is 0 Å². The molecule has 0 saturated carbocycles. The predicted octanol–water partition coefficient (Wildman–Crippen LogP) is 2.33. The fourth-order valence-corrected chi connectivity index (χ4v) is 2.49. The van der Waals surface area contributed by atoms with Crippen molar-refractivity contribution in [3.63, 3.8) is 0 Å². The second-order valence-electron chi connectivity index (χ2n) is 6.05. The van der Waals surface area contributed by atoms with Crippen LogP contribution in [0, 0.1) is 17.2 Å². The summed E-state index contributed by atoms with van der Waals surface area (Å²) in [5.41, 5.74) is 6.55. The molecule has 0 spiro atoms. The van der Waals surface area contributed by atoms with E-state index >= 15 is 0 Å². The highest BCUT2D eigenvalue weighted by Gasteiger charge is 2.28. The lowest BCUT2D eigenvalue weighted by Crippen LogP contribution is -2.50. The number of benzene rings is 1. The third kappa shape index (κ3) is 5.12. The van der Waals surface area contributed by atoms with Gasteiger partial charge < -0.3 is 15.4 Å². The number of nitriles is 1. The van der Waals surface area contributed by atoms with E-state index in [1.807, 2.05) is 30.9 Å². The number of ether oxygens (including phenoxy) is 1. The Hall–Kier alpha value is -1.77. The Balaban J connectivity index is 0.00000264. The fraction of sp³-hybridized carbons (Fsp3) is 0.529. The van der Waals surface area contributed by atoms with Gasteiger partial charge in [-0.05, 0) is 30.2 Å². The van der Waals surface area contributed by atoms with Crippen molar-refractivity contribution in [1.82, 2.24) is 4.90 Å². The first kappa shape index (κ1) is 19.3. The quantitative estimate of drug-likeness (QED) is 0.914. The zero-order chi connectivity index (χ0) is 16.1. The van der Waals surface area contributed by atoms with Crippen LogP contribution in [-0.4, -0.2) is 36.0 Å². The molecule has 0 radical (unpaired) electrons. The van der Waals surface area contributed by atoms with E-state index in [0.717, 1.165) is 18.6 Å². The zero-order valence-corrected chi connectivity index (χ0v) is 14.4. The molecule has 0 bridgehead atoms. The van der Waals surface area contributed by atoms with Crippen molar-refractivity contribution < 1.29 is 9.53 Å². The van der Waals surface area contributed by atoms with E-state index in [1.165, 1.54) is 0 Å². The van der Waals surface area contributed by atoms with Crippen LogP contribution in [0.3, 0.4) is 0 Å². The molecular formula is C17H24ClN3O2. The van der Waals surface area contributed by atoms with Gasteiger partial charge in [0.05, 0.1) is 17.7 Å². The maximum Gasteiger partial charge on any atom is 0.239 e. The van der Waals surface area contributed by atoms with E-state index in [0.29, 0.717) is 18.7 Å². The van der Waals surface area contributed by atoms with E-state index in [2.05, 4.69) is 6.07 Å². The maximum atomic E-state index is 12.2. The number of halogens is 1. The largest absolute Gasteiger partial charge is 0.490 e. The van der Waals surface area contributed by atoms with Gasteiger partial charge in [0.25, 0.3) is 0 Å². The summed E-state index contributed by atoms with van der Waals surface area (Å²) in [6.07, 6.45) is 1.71. The number of carbonyl (C=O) groups is 1. The second-order valence-corrected chi connectivity index (χ2v) is 6.05. The summed E-state index contributed by atoms with van der Waals surface area (Å²) < 4.78 is 5.91. The number of nitrogens with two attached hydrogens (primary N) is 1. The maximum absolute atomic E-state index is 12.2. The van der Waals surface area contributed by atoms with Gasteiger partial charge in [0.1, 0.15) is 11.9 Å². The molecule has 0 aliphatic carbocycles. The van der Waals surface area contributed by atoms with Crippen LogP contribution in [0.5, 0.6) is 5.75 Å². The molecule has 1 amide bonds. The number of hydrogen-bond acceptors (Lipinski definition) is 4. The molecule has 1 aliphatic heterocycles. The predicted molar refractivity (Wildman–Crippen MR) is 91.4 cm³/mol. The van der Waals surface area contributed by atoms with Crippen LogP contribution in [0.1, 0.15) is 32.3 Å². The number of amides is 1. The number of likely N-dealkylation sites (tertiary alicyclic amines) is 1. The van der Waals surface area contributed by atoms with E-state index in [-0.39, 0.29) is 30.3 Å². The molecular weight excluding hydrogens is 314 g/mol. The van der Waals surface area contributed by atoms with E-state index in [1.54, 1.807) is 12.1 Å². The highest BCUT2D eigenvalue weighted by Crippen LogP contribution is 2.20. The summed E-state index contributed by atoms with van der Waals surface area (Å²) >= 11 is 0. The molecule has 1 saturated heterocycles. The zero-order valence-electron chi connectivity index (χ0n) is 13.6. The molecule has 0 aromatic heterocycles. The van der Waals surface area contributed by atoms with E-state index in [4.69, 9.17) is 15.7 Å². The molecule has 5 nitrogen and oxygen atoms in total. The van der Waals surface area contributed by atoms with Crippen LogP contribution in [0.15, 0.2) is 24.3 Å². The molecule has 1 fully saturated rings. The molecule has 1 atom stereocenters. The standard InChI is InChI=1S/C17H23N3O2.ClH/c1-12(2)16(19)17(21)20-9-7-15(8-10-20)22-14-5-3-13(11-18)4-6-14;/h3-6,12,15-16H,7-10,19H2,1-2H3;1H/t16-;/m0./s1.